The second kappa shape index (κ2) is 15.9. The van der Waals surface area contributed by atoms with Gasteiger partial charge in [0.2, 0.25) is 0 Å². The van der Waals surface area contributed by atoms with Crippen LogP contribution in [-0.2, 0) is 14.3 Å². The lowest BCUT2D eigenvalue weighted by Crippen LogP contribution is -2.29. The number of hydrogen-bond donors (Lipinski definition) is 0. The summed E-state index contributed by atoms with van der Waals surface area (Å²) < 4.78 is 22.4. The monoisotopic (exact) mass is 592 g/mol. The molecule has 0 radical (unpaired) electrons. The highest BCUT2D eigenvalue weighted by molar-refractivity contribution is 5.91. The molecule has 0 bridgehead atoms. The molecule has 2 aliphatic carbocycles. The molecule has 0 N–H and O–H groups in total. The van der Waals surface area contributed by atoms with Crippen LogP contribution in [0, 0.1) is 23.7 Å². The Bertz CT molecular complexity index is 1170. The van der Waals surface area contributed by atoms with Crippen molar-refractivity contribution in [2.75, 3.05) is 0 Å². The molecular weight excluding hydrogens is 544 g/mol. The van der Waals surface area contributed by atoms with Gasteiger partial charge in [-0.2, -0.15) is 0 Å². The fraction of sp³-hybridized carbons (Fsp3) is 0.583. The molecule has 7 heteroatoms. The van der Waals surface area contributed by atoms with Gasteiger partial charge in [-0.1, -0.05) is 26.7 Å². The molecule has 4 rings (SSSR count). The van der Waals surface area contributed by atoms with E-state index < -0.39 is 5.97 Å². The zero-order chi connectivity index (χ0) is 30.8. The standard InChI is InChI=1S/C36H48O7/c1-5-34(37)41-26(4)9-8-25(3)40-31-18-16-30(17-19-31)36(39)43-33-22-20-32(21-23-33)42-35(38)29-14-12-28(13-15-29)27-10-6-24(2)7-11-27/h16-29H,5-15H2,1-4H3. The number of esters is 3. The second-order valence-electron chi connectivity index (χ2n) is 12.6. The third-order valence-electron chi connectivity index (χ3n) is 9.11. The molecule has 0 aliphatic heterocycles. The van der Waals surface area contributed by atoms with Crippen LogP contribution in [0.3, 0.4) is 0 Å². The van der Waals surface area contributed by atoms with Crippen molar-refractivity contribution in [3.8, 4) is 17.2 Å². The van der Waals surface area contributed by atoms with Gasteiger partial charge in [0.25, 0.3) is 0 Å². The topological polar surface area (TPSA) is 88.1 Å². The molecule has 0 spiro atoms. The summed E-state index contributed by atoms with van der Waals surface area (Å²) in [5, 5.41) is 0. The first-order chi connectivity index (χ1) is 20.7. The third-order valence-corrected chi connectivity index (χ3v) is 9.11. The molecule has 2 fully saturated rings. The first kappa shape index (κ1) is 32.6. The van der Waals surface area contributed by atoms with Crippen LogP contribution in [0.4, 0.5) is 0 Å². The minimum absolute atomic E-state index is 0.0414. The quantitative estimate of drug-likeness (QED) is 0.181. The Kier molecular flexibility index (Phi) is 12.1. The van der Waals surface area contributed by atoms with E-state index >= 15 is 0 Å². The maximum absolute atomic E-state index is 12.8. The van der Waals surface area contributed by atoms with Gasteiger partial charge in [-0.15, -0.1) is 0 Å². The molecule has 234 valence electrons. The van der Waals surface area contributed by atoms with E-state index in [-0.39, 0.29) is 30.1 Å². The molecule has 2 unspecified atom stereocenters. The molecule has 2 saturated carbocycles. The van der Waals surface area contributed by atoms with Crippen LogP contribution in [0.25, 0.3) is 0 Å². The highest BCUT2D eigenvalue weighted by atomic mass is 16.5. The van der Waals surface area contributed by atoms with Gasteiger partial charge in [0, 0.05) is 6.42 Å². The van der Waals surface area contributed by atoms with Crippen molar-refractivity contribution in [3.63, 3.8) is 0 Å². The molecule has 2 aromatic carbocycles. The van der Waals surface area contributed by atoms with Crippen molar-refractivity contribution in [2.24, 2.45) is 23.7 Å². The lowest BCUT2D eigenvalue weighted by atomic mass is 9.69. The van der Waals surface area contributed by atoms with Crippen LogP contribution in [0.15, 0.2) is 48.5 Å². The van der Waals surface area contributed by atoms with Crippen molar-refractivity contribution in [1.29, 1.82) is 0 Å². The van der Waals surface area contributed by atoms with Gasteiger partial charge in [-0.05, 0) is 131 Å². The van der Waals surface area contributed by atoms with Gasteiger partial charge in [-0.25, -0.2) is 4.79 Å². The van der Waals surface area contributed by atoms with Crippen molar-refractivity contribution in [1.82, 2.24) is 0 Å². The van der Waals surface area contributed by atoms with Crippen LogP contribution in [0.5, 0.6) is 17.2 Å². The largest absolute Gasteiger partial charge is 0.491 e. The summed E-state index contributed by atoms with van der Waals surface area (Å²) in [6, 6.07) is 13.4. The van der Waals surface area contributed by atoms with E-state index in [9.17, 15) is 14.4 Å². The van der Waals surface area contributed by atoms with Crippen molar-refractivity contribution in [2.45, 2.75) is 111 Å². The Morgan fingerprint density at radius 2 is 1.21 bits per heavy atom. The first-order valence-corrected chi connectivity index (χ1v) is 16.2. The van der Waals surface area contributed by atoms with Gasteiger partial charge in [-0.3, -0.25) is 9.59 Å². The average molecular weight is 593 g/mol. The molecule has 0 aromatic heterocycles. The molecular formula is C36H48O7. The molecule has 2 aromatic rings. The van der Waals surface area contributed by atoms with Gasteiger partial charge in [0.1, 0.15) is 17.2 Å². The minimum atomic E-state index is -0.486. The minimum Gasteiger partial charge on any atom is -0.491 e. The number of benzene rings is 2. The Hall–Kier alpha value is -3.35. The fourth-order valence-corrected chi connectivity index (χ4v) is 6.32. The zero-order valence-electron chi connectivity index (χ0n) is 26.2. The summed E-state index contributed by atoms with van der Waals surface area (Å²) in [6.45, 7) is 7.97. The van der Waals surface area contributed by atoms with Crippen molar-refractivity contribution in [3.05, 3.63) is 54.1 Å². The van der Waals surface area contributed by atoms with Gasteiger partial charge < -0.3 is 18.9 Å². The first-order valence-electron chi connectivity index (χ1n) is 16.2. The van der Waals surface area contributed by atoms with Gasteiger partial charge in [0.15, 0.2) is 0 Å². The SMILES string of the molecule is CCC(=O)OC(C)CCC(C)Oc1ccc(C(=O)Oc2ccc(OC(=O)C3CCC(C4CCC(C)CC4)CC3)cc2)cc1. The van der Waals surface area contributed by atoms with Crippen LogP contribution < -0.4 is 14.2 Å². The van der Waals surface area contributed by atoms with E-state index in [0.29, 0.717) is 35.7 Å². The van der Waals surface area contributed by atoms with E-state index in [2.05, 4.69) is 6.92 Å². The number of carbonyl (C=O) groups excluding carboxylic acids is 3. The molecule has 2 aliphatic rings. The van der Waals surface area contributed by atoms with E-state index in [1.807, 2.05) is 13.8 Å². The molecule has 2 atom stereocenters. The second-order valence-corrected chi connectivity index (χ2v) is 12.6. The van der Waals surface area contributed by atoms with Crippen molar-refractivity contribution >= 4 is 17.9 Å². The lowest BCUT2D eigenvalue weighted by molar-refractivity contribution is -0.148. The highest BCUT2D eigenvalue weighted by Gasteiger charge is 2.33. The molecule has 7 nitrogen and oxygen atoms in total. The number of carbonyl (C=O) groups is 3. The average Bonchev–Trinajstić information content (AvgIpc) is 3.01. The summed E-state index contributed by atoms with van der Waals surface area (Å²) in [4.78, 5) is 36.9. The van der Waals surface area contributed by atoms with Gasteiger partial charge >= 0.3 is 17.9 Å². The third kappa shape index (κ3) is 10.1. The van der Waals surface area contributed by atoms with Crippen LogP contribution in [0.2, 0.25) is 0 Å². The van der Waals surface area contributed by atoms with Crippen LogP contribution in [-0.4, -0.2) is 30.1 Å². The van der Waals surface area contributed by atoms with E-state index in [4.69, 9.17) is 18.9 Å². The summed E-state index contributed by atoms with van der Waals surface area (Å²) in [5.74, 6) is 3.05. The lowest BCUT2D eigenvalue weighted by Gasteiger charge is -2.36. The number of ether oxygens (including phenoxy) is 4. The highest BCUT2D eigenvalue weighted by Crippen LogP contribution is 2.41. The maximum atomic E-state index is 12.8. The predicted octanol–water partition coefficient (Wildman–Crippen LogP) is 8.33. The Labute approximate surface area is 256 Å². The Morgan fingerprint density at radius 3 is 1.79 bits per heavy atom. The predicted molar refractivity (Wildman–Crippen MR) is 165 cm³/mol. The summed E-state index contributed by atoms with van der Waals surface area (Å²) in [5.41, 5.74) is 0.397. The van der Waals surface area contributed by atoms with Crippen LogP contribution in [0.1, 0.15) is 109 Å². The van der Waals surface area contributed by atoms with Crippen molar-refractivity contribution < 1.29 is 33.3 Å². The maximum Gasteiger partial charge on any atom is 0.343 e. The molecule has 0 saturated heterocycles. The summed E-state index contributed by atoms with van der Waals surface area (Å²) in [6.07, 6.45) is 11.0. The van der Waals surface area contributed by atoms with Gasteiger partial charge in [0.05, 0.1) is 23.7 Å². The molecule has 0 amide bonds. The molecule has 43 heavy (non-hydrogen) atoms. The summed E-state index contributed by atoms with van der Waals surface area (Å²) in [7, 11) is 0. The fourth-order valence-electron chi connectivity index (χ4n) is 6.32. The van der Waals surface area contributed by atoms with E-state index in [1.165, 1.54) is 25.7 Å². The normalized spacial score (nSPS) is 23.4. The Balaban J connectivity index is 1.18. The number of rotatable bonds is 12. The smallest absolute Gasteiger partial charge is 0.343 e. The summed E-state index contributed by atoms with van der Waals surface area (Å²) >= 11 is 0. The zero-order valence-corrected chi connectivity index (χ0v) is 26.2. The van der Waals surface area contributed by atoms with E-state index in [1.54, 1.807) is 55.5 Å². The molecule has 0 heterocycles. The van der Waals surface area contributed by atoms with E-state index in [0.717, 1.165) is 49.9 Å². The number of hydrogen-bond acceptors (Lipinski definition) is 7. The van der Waals surface area contributed by atoms with Crippen LogP contribution >= 0.6 is 0 Å². The Morgan fingerprint density at radius 1 is 0.698 bits per heavy atom.